The number of carbonyl (C=O) groups is 2. The first kappa shape index (κ1) is 19.8. The number of pyridine rings is 1. The van der Waals surface area contributed by atoms with Gasteiger partial charge in [0, 0.05) is 69.9 Å². The van der Waals surface area contributed by atoms with Crippen LogP contribution in [0.5, 0.6) is 0 Å². The number of hydrogen-bond donors (Lipinski definition) is 0. The molecular formula is C18H26N4O4S. The summed E-state index contributed by atoms with van der Waals surface area (Å²) in [5.74, 6) is -0.220. The number of hydrogen-bond acceptors (Lipinski definition) is 5. The standard InChI is InChI=1S/C18H26N4O4S/c1-14(2)17(24)21-7-8-22(27(25,26)15-5-4-6-19-10-15)13-18(12-21)9-16(23)20(3)11-18/h4-6,10,14H,7-9,11-13H2,1-3H3/t18-/m0/s1. The molecule has 0 radical (unpaired) electrons. The summed E-state index contributed by atoms with van der Waals surface area (Å²) < 4.78 is 27.7. The maximum absolute atomic E-state index is 13.1. The maximum Gasteiger partial charge on any atom is 0.244 e. The molecule has 0 aromatic carbocycles. The average Bonchev–Trinajstić information content (AvgIpc) is 2.79. The third-order valence-corrected chi connectivity index (χ3v) is 7.09. The number of amides is 2. The van der Waals surface area contributed by atoms with Crippen LogP contribution in [0.1, 0.15) is 20.3 Å². The summed E-state index contributed by atoms with van der Waals surface area (Å²) in [6.45, 7) is 5.21. The van der Waals surface area contributed by atoms with E-state index in [2.05, 4.69) is 4.98 Å². The van der Waals surface area contributed by atoms with Crippen molar-refractivity contribution in [3.05, 3.63) is 24.5 Å². The molecule has 1 spiro atoms. The zero-order valence-electron chi connectivity index (χ0n) is 16.0. The Bertz CT molecular complexity index is 827. The van der Waals surface area contributed by atoms with E-state index in [1.807, 2.05) is 13.8 Å². The molecule has 0 bridgehead atoms. The highest BCUT2D eigenvalue weighted by Crippen LogP contribution is 2.36. The van der Waals surface area contributed by atoms with Crippen molar-refractivity contribution in [2.24, 2.45) is 11.3 Å². The van der Waals surface area contributed by atoms with Gasteiger partial charge in [-0.25, -0.2) is 8.42 Å². The Morgan fingerprint density at radius 2 is 1.96 bits per heavy atom. The van der Waals surface area contributed by atoms with Crippen LogP contribution in [0.15, 0.2) is 29.4 Å². The lowest BCUT2D eigenvalue weighted by Gasteiger charge is -2.33. The second-order valence-electron chi connectivity index (χ2n) is 7.87. The van der Waals surface area contributed by atoms with Crippen molar-refractivity contribution in [1.29, 1.82) is 0 Å². The average molecular weight is 394 g/mol. The van der Waals surface area contributed by atoms with E-state index >= 15 is 0 Å². The molecule has 9 heteroatoms. The monoisotopic (exact) mass is 394 g/mol. The molecule has 3 heterocycles. The van der Waals surface area contributed by atoms with Crippen molar-refractivity contribution in [3.8, 4) is 0 Å². The third-order valence-electron chi connectivity index (χ3n) is 5.26. The van der Waals surface area contributed by atoms with Gasteiger partial charge in [0.05, 0.1) is 0 Å². The fourth-order valence-corrected chi connectivity index (χ4v) is 5.45. The van der Waals surface area contributed by atoms with Crippen LogP contribution < -0.4 is 0 Å². The first-order chi connectivity index (χ1) is 12.6. The van der Waals surface area contributed by atoms with Gasteiger partial charge >= 0.3 is 0 Å². The number of rotatable bonds is 3. The minimum absolute atomic E-state index is 0.0167. The molecule has 0 aliphatic carbocycles. The van der Waals surface area contributed by atoms with Gasteiger partial charge in [0.2, 0.25) is 21.8 Å². The highest BCUT2D eigenvalue weighted by atomic mass is 32.2. The van der Waals surface area contributed by atoms with Crippen molar-refractivity contribution in [1.82, 2.24) is 19.1 Å². The zero-order valence-corrected chi connectivity index (χ0v) is 16.8. The summed E-state index contributed by atoms with van der Waals surface area (Å²) in [5, 5.41) is 0. The van der Waals surface area contributed by atoms with Gasteiger partial charge in [-0.05, 0) is 12.1 Å². The predicted molar refractivity (Wildman–Crippen MR) is 99.1 cm³/mol. The molecule has 2 aliphatic heterocycles. The van der Waals surface area contributed by atoms with Crippen LogP contribution in [0.4, 0.5) is 0 Å². The molecule has 27 heavy (non-hydrogen) atoms. The van der Waals surface area contributed by atoms with Gasteiger partial charge in [0.1, 0.15) is 4.90 Å². The number of sulfonamides is 1. The lowest BCUT2D eigenvalue weighted by Crippen LogP contribution is -2.45. The van der Waals surface area contributed by atoms with Gasteiger partial charge in [0.15, 0.2) is 0 Å². The van der Waals surface area contributed by atoms with E-state index in [1.165, 1.54) is 22.8 Å². The highest BCUT2D eigenvalue weighted by Gasteiger charge is 2.48. The molecule has 2 aliphatic rings. The SMILES string of the molecule is CC(C)C(=O)N1CCN(S(=O)(=O)c2cccnc2)C[C@]2(CC(=O)N(C)C2)C1. The van der Waals surface area contributed by atoms with Crippen LogP contribution in [-0.4, -0.2) is 79.1 Å². The molecule has 3 rings (SSSR count). The number of carbonyl (C=O) groups excluding carboxylic acids is 2. The number of likely N-dealkylation sites (tertiary alicyclic amines) is 1. The molecule has 8 nitrogen and oxygen atoms in total. The minimum atomic E-state index is -3.75. The molecule has 0 unspecified atom stereocenters. The summed E-state index contributed by atoms with van der Waals surface area (Å²) >= 11 is 0. The Morgan fingerprint density at radius 1 is 1.22 bits per heavy atom. The highest BCUT2D eigenvalue weighted by molar-refractivity contribution is 7.89. The van der Waals surface area contributed by atoms with Gasteiger partial charge in [-0.1, -0.05) is 13.8 Å². The fourth-order valence-electron chi connectivity index (χ4n) is 3.94. The van der Waals surface area contributed by atoms with Crippen molar-refractivity contribution >= 4 is 21.8 Å². The number of aromatic nitrogens is 1. The lowest BCUT2D eigenvalue weighted by atomic mass is 9.86. The molecule has 148 valence electrons. The van der Waals surface area contributed by atoms with Crippen molar-refractivity contribution < 1.29 is 18.0 Å². The topological polar surface area (TPSA) is 90.9 Å². The summed E-state index contributed by atoms with van der Waals surface area (Å²) in [6.07, 6.45) is 3.09. The second kappa shape index (κ2) is 7.20. The summed E-state index contributed by atoms with van der Waals surface area (Å²) in [7, 11) is -2.03. The van der Waals surface area contributed by atoms with E-state index in [-0.39, 0.29) is 42.1 Å². The van der Waals surface area contributed by atoms with Gasteiger partial charge in [-0.3, -0.25) is 14.6 Å². The van der Waals surface area contributed by atoms with Gasteiger partial charge < -0.3 is 9.80 Å². The zero-order chi connectivity index (χ0) is 19.8. The van der Waals surface area contributed by atoms with Crippen molar-refractivity contribution in [2.45, 2.75) is 25.2 Å². The van der Waals surface area contributed by atoms with Crippen LogP contribution in [0, 0.1) is 11.3 Å². The van der Waals surface area contributed by atoms with Gasteiger partial charge in [-0.2, -0.15) is 4.31 Å². The molecule has 2 saturated heterocycles. The largest absolute Gasteiger partial charge is 0.345 e. The lowest BCUT2D eigenvalue weighted by molar-refractivity contribution is -0.135. The fraction of sp³-hybridized carbons (Fsp3) is 0.611. The van der Waals surface area contributed by atoms with E-state index < -0.39 is 15.4 Å². The van der Waals surface area contributed by atoms with Gasteiger partial charge in [0.25, 0.3) is 0 Å². The van der Waals surface area contributed by atoms with Crippen LogP contribution in [0.3, 0.4) is 0 Å². The Morgan fingerprint density at radius 3 is 2.52 bits per heavy atom. The van der Waals surface area contributed by atoms with Crippen molar-refractivity contribution in [3.63, 3.8) is 0 Å². The van der Waals surface area contributed by atoms with Crippen LogP contribution in [0.2, 0.25) is 0 Å². The normalized spacial score (nSPS) is 24.7. The second-order valence-corrected chi connectivity index (χ2v) is 9.81. The van der Waals surface area contributed by atoms with Crippen molar-refractivity contribution in [2.75, 3.05) is 39.8 Å². The Balaban J connectivity index is 1.96. The van der Waals surface area contributed by atoms with E-state index in [1.54, 1.807) is 22.9 Å². The molecule has 2 amide bonds. The van der Waals surface area contributed by atoms with E-state index in [0.29, 0.717) is 19.6 Å². The summed E-state index contributed by atoms with van der Waals surface area (Å²) in [5.41, 5.74) is -0.595. The van der Waals surface area contributed by atoms with Crippen LogP contribution >= 0.6 is 0 Å². The molecular weight excluding hydrogens is 368 g/mol. The Kier molecular flexibility index (Phi) is 5.27. The first-order valence-electron chi connectivity index (χ1n) is 9.08. The van der Waals surface area contributed by atoms with Crippen LogP contribution in [-0.2, 0) is 19.6 Å². The Hall–Kier alpha value is -2.00. The van der Waals surface area contributed by atoms with E-state index in [9.17, 15) is 18.0 Å². The quantitative estimate of drug-likeness (QED) is 0.741. The minimum Gasteiger partial charge on any atom is -0.345 e. The molecule has 0 N–H and O–H groups in total. The smallest absolute Gasteiger partial charge is 0.244 e. The van der Waals surface area contributed by atoms with E-state index in [4.69, 9.17) is 0 Å². The Labute approximate surface area is 160 Å². The maximum atomic E-state index is 13.1. The summed E-state index contributed by atoms with van der Waals surface area (Å²) in [6, 6.07) is 3.10. The molecule has 0 saturated carbocycles. The molecule has 1 atom stereocenters. The van der Waals surface area contributed by atoms with Gasteiger partial charge in [-0.15, -0.1) is 0 Å². The van der Waals surface area contributed by atoms with Crippen LogP contribution in [0.25, 0.3) is 0 Å². The summed E-state index contributed by atoms with van der Waals surface area (Å²) in [4.78, 5) is 32.3. The molecule has 1 aromatic rings. The predicted octanol–water partition coefficient (Wildman–Crippen LogP) is 0.419. The molecule has 2 fully saturated rings. The molecule has 1 aromatic heterocycles. The van der Waals surface area contributed by atoms with E-state index in [0.717, 1.165) is 0 Å². The number of nitrogens with zero attached hydrogens (tertiary/aromatic N) is 4. The first-order valence-corrected chi connectivity index (χ1v) is 10.5. The third kappa shape index (κ3) is 3.84.